The maximum Gasteiger partial charge on any atom is 0.177 e. The number of hydrogen-bond acceptors (Lipinski definition) is 6. The number of hydrogen-bond donors (Lipinski definition) is 2. The number of anilines is 1. The standard InChI is InChI=1S/C12H13ClN2O3S2/c1-20(17,18)11-4-8(2-3-10(11)13)14-5-12-15-9(6-16)7-19-12/h2-4,7,14,16H,5-6H2,1H3. The maximum atomic E-state index is 11.6. The van der Waals surface area contributed by atoms with Crippen molar-refractivity contribution in [3.05, 3.63) is 39.3 Å². The summed E-state index contributed by atoms with van der Waals surface area (Å²) in [6.07, 6.45) is 1.12. The molecule has 0 saturated carbocycles. The molecule has 2 aromatic rings. The molecule has 0 amide bonds. The molecule has 2 rings (SSSR count). The van der Waals surface area contributed by atoms with Gasteiger partial charge in [0, 0.05) is 17.3 Å². The molecule has 108 valence electrons. The zero-order valence-corrected chi connectivity index (χ0v) is 13.0. The quantitative estimate of drug-likeness (QED) is 0.878. The van der Waals surface area contributed by atoms with E-state index in [4.69, 9.17) is 16.7 Å². The Labute approximate surface area is 126 Å². The van der Waals surface area contributed by atoms with Gasteiger partial charge >= 0.3 is 0 Å². The lowest BCUT2D eigenvalue weighted by Crippen LogP contribution is -2.03. The molecule has 1 heterocycles. The minimum atomic E-state index is -3.36. The molecule has 0 atom stereocenters. The van der Waals surface area contributed by atoms with Crippen LogP contribution in [-0.2, 0) is 23.0 Å². The Balaban J connectivity index is 2.14. The number of nitrogens with zero attached hydrogens (tertiary/aromatic N) is 1. The lowest BCUT2D eigenvalue weighted by Gasteiger charge is -2.07. The highest BCUT2D eigenvalue weighted by atomic mass is 35.5. The second-order valence-electron chi connectivity index (χ2n) is 4.16. The Bertz CT molecular complexity index is 713. The van der Waals surface area contributed by atoms with E-state index in [0.29, 0.717) is 17.9 Å². The van der Waals surface area contributed by atoms with Crippen molar-refractivity contribution in [1.82, 2.24) is 4.98 Å². The number of aliphatic hydroxyl groups is 1. The number of nitrogens with one attached hydrogen (secondary N) is 1. The molecule has 8 heteroatoms. The van der Waals surface area contributed by atoms with Crippen LogP contribution < -0.4 is 5.32 Å². The molecule has 0 fully saturated rings. The Hall–Kier alpha value is -1.15. The summed E-state index contributed by atoms with van der Waals surface area (Å²) in [5.74, 6) is 0. The van der Waals surface area contributed by atoms with Crippen LogP contribution in [0.2, 0.25) is 5.02 Å². The molecule has 0 bridgehead atoms. The van der Waals surface area contributed by atoms with Crippen molar-refractivity contribution < 1.29 is 13.5 Å². The van der Waals surface area contributed by atoms with E-state index in [2.05, 4.69) is 10.3 Å². The Morgan fingerprint density at radius 3 is 2.80 bits per heavy atom. The van der Waals surface area contributed by atoms with Crippen molar-refractivity contribution >= 4 is 38.5 Å². The van der Waals surface area contributed by atoms with Gasteiger partial charge in [0.15, 0.2) is 9.84 Å². The van der Waals surface area contributed by atoms with Crippen molar-refractivity contribution in [3.8, 4) is 0 Å². The zero-order valence-electron chi connectivity index (χ0n) is 10.6. The monoisotopic (exact) mass is 332 g/mol. The fraction of sp³-hybridized carbons (Fsp3) is 0.250. The van der Waals surface area contributed by atoms with Gasteiger partial charge < -0.3 is 10.4 Å². The Morgan fingerprint density at radius 2 is 2.20 bits per heavy atom. The van der Waals surface area contributed by atoms with Gasteiger partial charge in [-0.2, -0.15) is 0 Å². The minimum absolute atomic E-state index is 0.0876. The smallest absolute Gasteiger partial charge is 0.177 e. The topological polar surface area (TPSA) is 79.3 Å². The summed E-state index contributed by atoms with van der Waals surface area (Å²) in [7, 11) is -3.36. The van der Waals surface area contributed by atoms with E-state index in [-0.39, 0.29) is 16.5 Å². The van der Waals surface area contributed by atoms with E-state index in [1.54, 1.807) is 17.5 Å². The summed E-state index contributed by atoms with van der Waals surface area (Å²) in [5, 5.41) is 14.8. The first-order valence-corrected chi connectivity index (χ1v) is 8.82. The molecule has 0 aliphatic heterocycles. The molecule has 0 aliphatic rings. The fourth-order valence-electron chi connectivity index (χ4n) is 1.58. The van der Waals surface area contributed by atoms with Crippen molar-refractivity contribution in [2.24, 2.45) is 0 Å². The average molecular weight is 333 g/mol. The van der Waals surface area contributed by atoms with Crippen LogP contribution in [0.1, 0.15) is 10.7 Å². The van der Waals surface area contributed by atoms with Crippen LogP contribution in [0.15, 0.2) is 28.5 Å². The molecule has 5 nitrogen and oxygen atoms in total. The van der Waals surface area contributed by atoms with Crippen LogP contribution in [0.25, 0.3) is 0 Å². The van der Waals surface area contributed by atoms with E-state index in [1.807, 2.05) is 0 Å². The van der Waals surface area contributed by atoms with Crippen LogP contribution in [0.4, 0.5) is 5.69 Å². The van der Waals surface area contributed by atoms with Crippen LogP contribution in [0.3, 0.4) is 0 Å². The molecule has 0 saturated heterocycles. The van der Waals surface area contributed by atoms with E-state index >= 15 is 0 Å². The van der Waals surface area contributed by atoms with Gasteiger partial charge in [0.2, 0.25) is 0 Å². The summed E-state index contributed by atoms with van der Waals surface area (Å²) < 4.78 is 23.1. The van der Waals surface area contributed by atoms with Gasteiger partial charge in [-0.25, -0.2) is 13.4 Å². The molecule has 20 heavy (non-hydrogen) atoms. The van der Waals surface area contributed by atoms with Crippen molar-refractivity contribution in [3.63, 3.8) is 0 Å². The summed E-state index contributed by atoms with van der Waals surface area (Å²) in [4.78, 5) is 4.29. The molecular weight excluding hydrogens is 320 g/mol. The fourth-order valence-corrected chi connectivity index (χ4v) is 3.60. The van der Waals surface area contributed by atoms with E-state index in [1.165, 1.54) is 17.4 Å². The van der Waals surface area contributed by atoms with Gasteiger partial charge in [-0.15, -0.1) is 11.3 Å². The molecular formula is C12H13ClN2O3S2. The normalized spacial score (nSPS) is 11.6. The second-order valence-corrected chi connectivity index (χ2v) is 7.50. The second kappa shape index (κ2) is 6.09. The van der Waals surface area contributed by atoms with Crippen molar-refractivity contribution in [1.29, 1.82) is 0 Å². The SMILES string of the molecule is CS(=O)(=O)c1cc(NCc2nc(CO)cs2)ccc1Cl. The van der Waals surface area contributed by atoms with Gasteiger partial charge in [-0.1, -0.05) is 11.6 Å². The lowest BCUT2D eigenvalue weighted by molar-refractivity contribution is 0.277. The van der Waals surface area contributed by atoms with Crippen molar-refractivity contribution in [2.75, 3.05) is 11.6 Å². The molecule has 0 aliphatic carbocycles. The van der Waals surface area contributed by atoms with E-state index in [9.17, 15) is 8.42 Å². The van der Waals surface area contributed by atoms with Crippen LogP contribution in [-0.4, -0.2) is 24.8 Å². The summed E-state index contributed by atoms with van der Waals surface area (Å²) in [6, 6.07) is 4.75. The maximum absolute atomic E-state index is 11.6. The first-order valence-electron chi connectivity index (χ1n) is 5.68. The third-order valence-electron chi connectivity index (χ3n) is 2.54. The number of sulfone groups is 1. The third kappa shape index (κ3) is 3.69. The first kappa shape index (κ1) is 15.2. The molecule has 2 N–H and O–H groups in total. The number of thiazole rings is 1. The summed E-state index contributed by atoms with van der Waals surface area (Å²) in [6.45, 7) is 0.366. The number of halogens is 1. The largest absolute Gasteiger partial charge is 0.390 e. The van der Waals surface area contributed by atoms with Crippen LogP contribution in [0, 0.1) is 0 Å². The lowest BCUT2D eigenvalue weighted by atomic mass is 10.3. The number of aliphatic hydroxyl groups excluding tert-OH is 1. The van der Waals surface area contributed by atoms with Gasteiger partial charge in [-0.05, 0) is 18.2 Å². The van der Waals surface area contributed by atoms with E-state index in [0.717, 1.165) is 11.3 Å². The van der Waals surface area contributed by atoms with Gasteiger partial charge in [0.1, 0.15) is 5.01 Å². The number of aromatic nitrogens is 1. The number of benzene rings is 1. The van der Waals surface area contributed by atoms with Gasteiger partial charge in [0.05, 0.1) is 28.8 Å². The van der Waals surface area contributed by atoms with E-state index < -0.39 is 9.84 Å². The highest BCUT2D eigenvalue weighted by molar-refractivity contribution is 7.90. The predicted molar refractivity (Wildman–Crippen MR) is 79.9 cm³/mol. The first-order chi connectivity index (χ1) is 9.40. The van der Waals surface area contributed by atoms with Crippen LogP contribution in [0.5, 0.6) is 0 Å². The third-order valence-corrected chi connectivity index (χ3v) is 5.01. The summed E-state index contributed by atoms with van der Waals surface area (Å²) >= 11 is 7.30. The molecule has 0 radical (unpaired) electrons. The number of rotatable bonds is 5. The van der Waals surface area contributed by atoms with Crippen LogP contribution >= 0.6 is 22.9 Å². The van der Waals surface area contributed by atoms with Gasteiger partial charge in [0.25, 0.3) is 0 Å². The summed E-state index contributed by atoms with van der Waals surface area (Å²) in [5.41, 5.74) is 1.27. The Morgan fingerprint density at radius 1 is 1.45 bits per heavy atom. The molecule has 0 unspecified atom stereocenters. The average Bonchev–Trinajstić information content (AvgIpc) is 2.84. The highest BCUT2D eigenvalue weighted by Gasteiger charge is 2.13. The highest BCUT2D eigenvalue weighted by Crippen LogP contribution is 2.25. The van der Waals surface area contributed by atoms with Crippen molar-refractivity contribution in [2.45, 2.75) is 18.0 Å². The minimum Gasteiger partial charge on any atom is -0.390 e. The predicted octanol–water partition coefficient (Wildman–Crippen LogP) is 2.30. The zero-order chi connectivity index (χ0) is 14.8. The Kier molecular flexibility index (Phi) is 4.64. The van der Waals surface area contributed by atoms with Gasteiger partial charge in [-0.3, -0.25) is 0 Å². The molecule has 0 spiro atoms. The molecule has 1 aromatic carbocycles. The molecule has 1 aromatic heterocycles.